The standard InChI is InChI=1S/C19H15BrN2O4/c1-11-8-13(6-7-16(11)20)22-18(24)15(17(23)21-19(22)25)10-12-4-3-5-14(9-12)26-2/h3-10H,1-2H3,(H,21,23,25)/b15-10+. The van der Waals surface area contributed by atoms with E-state index in [1.54, 1.807) is 42.5 Å². The highest BCUT2D eigenvalue weighted by molar-refractivity contribution is 9.10. The Morgan fingerprint density at radius 3 is 2.58 bits per heavy atom. The number of nitrogens with zero attached hydrogens (tertiary/aromatic N) is 1. The Labute approximate surface area is 158 Å². The van der Waals surface area contributed by atoms with E-state index in [-0.39, 0.29) is 5.57 Å². The molecule has 1 aliphatic rings. The molecule has 0 aromatic heterocycles. The van der Waals surface area contributed by atoms with Crippen molar-refractivity contribution in [2.75, 3.05) is 12.0 Å². The molecule has 2 aromatic carbocycles. The number of anilines is 1. The summed E-state index contributed by atoms with van der Waals surface area (Å²) in [6.45, 7) is 1.85. The maximum atomic E-state index is 12.8. The zero-order valence-electron chi connectivity index (χ0n) is 14.1. The molecule has 26 heavy (non-hydrogen) atoms. The smallest absolute Gasteiger partial charge is 0.335 e. The van der Waals surface area contributed by atoms with Crippen molar-refractivity contribution in [3.8, 4) is 5.75 Å². The quantitative estimate of drug-likeness (QED) is 0.616. The molecule has 6 nitrogen and oxygen atoms in total. The Bertz CT molecular complexity index is 952. The molecule has 1 aliphatic heterocycles. The summed E-state index contributed by atoms with van der Waals surface area (Å²) in [6, 6.07) is 11.2. The fraction of sp³-hybridized carbons (Fsp3) is 0.105. The number of aryl methyl sites for hydroxylation is 1. The van der Waals surface area contributed by atoms with Crippen LogP contribution in [0.25, 0.3) is 6.08 Å². The largest absolute Gasteiger partial charge is 0.497 e. The number of hydrogen-bond acceptors (Lipinski definition) is 4. The van der Waals surface area contributed by atoms with Gasteiger partial charge in [-0.15, -0.1) is 0 Å². The second-order valence-corrected chi connectivity index (χ2v) is 6.52. The molecule has 0 spiro atoms. The molecule has 1 fully saturated rings. The monoisotopic (exact) mass is 414 g/mol. The zero-order chi connectivity index (χ0) is 18.8. The number of rotatable bonds is 3. The number of carbonyl (C=O) groups excluding carboxylic acids is 3. The summed E-state index contributed by atoms with van der Waals surface area (Å²) < 4.78 is 6.00. The number of nitrogens with one attached hydrogen (secondary N) is 1. The predicted molar refractivity (Wildman–Crippen MR) is 101 cm³/mol. The Morgan fingerprint density at radius 1 is 1.12 bits per heavy atom. The average Bonchev–Trinajstić information content (AvgIpc) is 2.61. The molecule has 7 heteroatoms. The molecule has 0 bridgehead atoms. The molecule has 0 atom stereocenters. The van der Waals surface area contributed by atoms with E-state index in [0.29, 0.717) is 17.0 Å². The number of imide groups is 2. The van der Waals surface area contributed by atoms with Gasteiger partial charge in [0.2, 0.25) is 0 Å². The fourth-order valence-electron chi connectivity index (χ4n) is 2.56. The molecular formula is C19H15BrN2O4. The lowest BCUT2D eigenvalue weighted by molar-refractivity contribution is -0.122. The number of hydrogen-bond donors (Lipinski definition) is 1. The highest BCUT2D eigenvalue weighted by atomic mass is 79.9. The zero-order valence-corrected chi connectivity index (χ0v) is 15.7. The molecular weight excluding hydrogens is 400 g/mol. The predicted octanol–water partition coefficient (Wildman–Crippen LogP) is 3.43. The highest BCUT2D eigenvalue weighted by Gasteiger charge is 2.36. The van der Waals surface area contributed by atoms with Gasteiger partial charge in [0, 0.05) is 4.47 Å². The van der Waals surface area contributed by atoms with E-state index in [9.17, 15) is 14.4 Å². The molecule has 1 heterocycles. The maximum absolute atomic E-state index is 12.8. The van der Waals surface area contributed by atoms with Gasteiger partial charge in [-0.05, 0) is 54.5 Å². The normalized spacial score (nSPS) is 16.0. The van der Waals surface area contributed by atoms with Crippen LogP contribution in [0.4, 0.5) is 10.5 Å². The van der Waals surface area contributed by atoms with Crippen molar-refractivity contribution >= 4 is 45.5 Å². The van der Waals surface area contributed by atoms with Gasteiger partial charge < -0.3 is 4.74 Å². The van der Waals surface area contributed by atoms with Crippen LogP contribution in [0.15, 0.2) is 52.5 Å². The molecule has 0 saturated carbocycles. The van der Waals surface area contributed by atoms with Crippen molar-refractivity contribution in [2.24, 2.45) is 0 Å². The first-order valence-electron chi connectivity index (χ1n) is 7.72. The SMILES string of the molecule is COc1cccc(/C=C2\C(=O)NC(=O)N(c3ccc(Br)c(C)c3)C2=O)c1. The summed E-state index contributed by atoms with van der Waals surface area (Å²) in [5.74, 6) is -0.810. The number of carbonyl (C=O) groups is 3. The topological polar surface area (TPSA) is 75.7 Å². The van der Waals surface area contributed by atoms with E-state index in [1.807, 2.05) is 6.92 Å². The highest BCUT2D eigenvalue weighted by Crippen LogP contribution is 2.26. The number of urea groups is 1. The first-order chi connectivity index (χ1) is 12.4. The van der Waals surface area contributed by atoms with Crippen molar-refractivity contribution in [1.29, 1.82) is 0 Å². The molecule has 2 aromatic rings. The summed E-state index contributed by atoms with van der Waals surface area (Å²) in [4.78, 5) is 38.2. The number of halogens is 1. The molecule has 0 aliphatic carbocycles. The molecule has 4 amide bonds. The van der Waals surface area contributed by atoms with Crippen molar-refractivity contribution < 1.29 is 19.1 Å². The van der Waals surface area contributed by atoms with Crippen LogP contribution < -0.4 is 15.0 Å². The van der Waals surface area contributed by atoms with E-state index in [2.05, 4.69) is 21.2 Å². The van der Waals surface area contributed by atoms with Gasteiger partial charge in [0.05, 0.1) is 12.8 Å². The van der Waals surface area contributed by atoms with E-state index in [1.165, 1.54) is 13.2 Å². The lowest BCUT2D eigenvalue weighted by atomic mass is 10.1. The van der Waals surface area contributed by atoms with Crippen LogP contribution in [0.2, 0.25) is 0 Å². The first kappa shape index (κ1) is 17.9. The van der Waals surface area contributed by atoms with Crippen molar-refractivity contribution in [2.45, 2.75) is 6.92 Å². The van der Waals surface area contributed by atoms with E-state index < -0.39 is 17.8 Å². The molecule has 3 rings (SSSR count). The van der Waals surface area contributed by atoms with Crippen LogP contribution in [-0.4, -0.2) is 25.0 Å². The summed E-state index contributed by atoms with van der Waals surface area (Å²) in [5.41, 5.74) is 1.73. The van der Waals surface area contributed by atoms with Crippen LogP contribution in [-0.2, 0) is 9.59 Å². The summed E-state index contributed by atoms with van der Waals surface area (Å²) in [7, 11) is 1.53. The molecule has 1 N–H and O–H groups in total. The van der Waals surface area contributed by atoms with Crippen molar-refractivity contribution in [3.05, 3.63) is 63.6 Å². The number of benzene rings is 2. The minimum Gasteiger partial charge on any atom is -0.497 e. The van der Waals surface area contributed by atoms with Gasteiger partial charge in [-0.3, -0.25) is 14.9 Å². The minimum atomic E-state index is -0.774. The Hall–Kier alpha value is -2.93. The van der Waals surface area contributed by atoms with Gasteiger partial charge >= 0.3 is 6.03 Å². The third-order valence-corrected chi connectivity index (χ3v) is 4.80. The van der Waals surface area contributed by atoms with E-state index in [0.717, 1.165) is 14.9 Å². The minimum absolute atomic E-state index is 0.126. The van der Waals surface area contributed by atoms with E-state index >= 15 is 0 Å². The maximum Gasteiger partial charge on any atom is 0.335 e. The number of ether oxygens (including phenoxy) is 1. The summed E-state index contributed by atoms with van der Waals surface area (Å²) in [5, 5.41) is 2.21. The summed E-state index contributed by atoms with van der Waals surface area (Å²) in [6.07, 6.45) is 1.44. The van der Waals surface area contributed by atoms with Crippen LogP contribution in [0.1, 0.15) is 11.1 Å². The number of methoxy groups -OCH3 is 1. The van der Waals surface area contributed by atoms with Gasteiger partial charge in [0.15, 0.2) is 0 Å². The average molecular weight is 415 g/mol. The third kappa shape index (κ3) is 3.39. The second-order valence-electron chi connectivity index (χ2n) is 5.67. The third-order valence-electron chi connectivity index (χ3n) is 3.91. The van der Waals surface area contributed by atoms with Crippen molar-refractivity contribution in [1.82, 2.24) is 5.32 Å². The van der Waals surface area contributed by atoms with Crippen LogP contribution >= 0.6 is 15.9 Å². The lowest BCUT2D eigenvalue weighted by Gasteiger charge is -2.26. The second kappa shape index (κ2) is 7.13. The molecule has 132 valence electrons. The lowest BCUT2D eigenvalue weighted by Crippen LogP contribution is -2.54. The van der Waals surface area contributed by atoms with Crippen LogP contribution in [0, 0.1) is 6.92 Å². The Balaban J connectivity index is 2.02. The molecule has 0 radical (unpaired) electrons. The van der Waals surface area contributed by atoms with Crippen LogP contribution in [0.3, 0.4) is 0 Å². The number of amides is 4. The van der Waals surface area contributed by atoms with Gasteiger partial charge in [0.25, 0.3) is 11.8 Å². The Morgan fingerprint density at radius 2 is 1.88 bits per heavy atom. The van der Waals surface area contributed by atoms with Gasteiger partial charge in [0.1, 0.15) is 11.3 Å². The van der Waals surface area contributed by atoms with Gasteiger partial charge in [-0.25, -0.2) is 9.69 Å². The summed E-state index contributed by atoms with van der Waals surface area (Å²) >= 11 is 3.38. The van der Waals surface area contributed by atoms with Crippen LogP contribution in [0.5, 0.6) is 5.75 Å². The fourth-order valence-corrected chi connectivity index (χ4v) is 2.80. The van der Waals surface area contributed by atoms with Gasteiger partial charge in [-0.1, -0.05) is 28.1 Å². The Kier molecular flexibility index (Phi) is 4.90. The number of barbiturate groups is 1. The van der Waals surface area contributed by atoms with Crippen molar-refractivity contribution in [3.63, 3.8) is 0 Å². The molecule has 0 unspecified atom stereocenters. The molecule has 1 saturated heterocycles. The van der Waals surface area contributed by atoms with Gasteiger partial charge in [-0.2, -0.15) is 0 Å². The van der Waals surface area contributed by atoms with E-state index in [4.69, 9.17) is 4.74 Å². The first-order valence-corrected chi connectivity index (χ1v) is 8.51.